The molecule has 3 N–H and O–H groups in total. The standard InChI is InChI=1S/C38H46N4O7/c1-8-21(2)34(38(46)42-20-25-12-10-9-11-23(25)17-30(42)37(45)39-4)41-29-16-14-26-27(19-31(29)44)28(40-22(3)43)15-13-24-18-32(47-5)35(48-6)36(49-7)33(24)26/h9-12,14,16,18-19,21,28,30,34H,8,13,15,17,20H2,1-7H3,(H,39,45)(H,40,43)(H,41,44)/t21-,28+,30+,34+/m0/s1. The summed E-state index contributed by atoms with van der Waals surface area (Å²) in [5.74, 6) is 0.470. The van der Waals surface area contributed by atoms with E-state index >= 15 is 0 Å². The van der Waals surface area contributed by atoms with Crippen LogP contribution in [0.2, 0.25) is 0 Å². The second-order valence-electron chi connectivity index (χ2n) is 12.7. The summed E-state index contributed by atoms with van der Waals surface area (Å²) in [5.41, 5.74) is 4.86. The Morgan fingerprint density at radius 1 is 0.959 bits per heavy atom. The van der Waals surface area contributed by atoms with E-state index in [2.05, 4.69) is 16.0 Å². The van der Waals surface area contributed by atoms with Gasteiger partial charge >= 0.3 is 0 Å². The van der Waals surface area contributed by atoms with Crippen molar-refractivity contribution in [1.82, 2.24) is 15.5 Å². The lowest BCUT2D eigenvalue weighted by Gasteiger charge is -2.39. The molecule has 0 bridgehead atoms. The Hall–Kier alpha value is -5.06. The summed E-state index contributed by atoms with van der Waals surface area (Å²) < 4.78 is 17.2. The van der Waals surface area contributed by atoms with Gasteiger partial charge in [0.05, 0.1) is 33.1 Å². The monoisotopic (exact) mass is 670 g/mol. The highest BCUT2D eigenvalue weighted by atomic mass is 16.5. The molecule has 49 heavy (non-hydrogen) atoms. The molecule has 3 aromatic carbocycles. The van der Waals surface area contributed by atoms with Crippen molar-refractivity contribution in [2.24, 2.45) is 5.92 Å². The Bertz CT molecular complexity index is 1810. The van der Waals surface area contributed by atoms with Crippen LogP contribution >= 0.6 is 0 Å². The van der Waals surface area contributed by atoms with Crippen molar-refractivity contribution in [2.75, 3.05) is 33.7 Å². The summed E-state index contributed by atoms with van der Waals surface area (Å²) in [7, 11) is 6.22. The van der Waals surface area contributed by atoms with Gasteiger partial charge in [-0.05, 0) is 64.8 Å². The third-order valence-corrected chi connectivity index (χ3v) is 9.79. The van der Waals surface area contributed by atoms with Crippen molar-refractivity contribution < 1.29 is 28.6 Å². The SMILES string of the molecule is CC[C@H](C)[C@@H](Nc1ccc2c(cc1=O)[C@H](NC(C)=O)CCc1cc(OC)c(OC)c(OC)c1-2)C(=O)N1Cc2ccccc2C[C@@H]1C(=O)NC. The number of benzene rings is 2. The summed E-state index contributed by atoms with van der Waals surface area (Å²) in [4.78, 5) is 55.7. The molecule has 0 spiro atoms. The van der Waals surface area contributed by atoms with Gasteiger partial charge in [-0.3, -0.25) is 19.2 Å². The number of amides is 3. The van der Waals surface area contributed by atoms with E-state index in [1.54, 1.807) is 32.2 Å². The fourth-order valence-electron chi connectivity index (χ4n) is 7.01. The van der Waals surface area contributed by atoms with Gasteiger partial charge in [0.2, 0.25) is 28.9 Å². The molecule has 0 saturated heterocycles. The minimum atomic E-state index is -0.797. The van der Waals surface area contributed by atoms with Crippen LogP contribution in [0.15, 0.2) is 53.3 Å². The van der Waals surface area contributed by atoms with Crippen LogP contribution in [0.5, 0.6) is 17.2 Å². The van der Waals surface area contributed by atoms with E-state index in [4.69, 9.17) is 14.2 Å². The first-order valence-corrected chi connectivity index (χ1v) is 16.7. The lowest BCUT2D eigenvalue weighted by molar-refractivity contribution is -0.143. The van der Waals surface area contributed by atoms with Gasteiger partial charge in [-0.2, -0.15) is 0 Å². The minimum absolute atomic E-state index is 0.178. The first-order valence-electron chi connectivity index (χ1n) is 16.7. The number of carbonyl (C=O) groups excluding carboxylic acids is 3. The second kappa shape index (κ2) is 15.0. The average molecular weight is 671 g/mol. The molecule has 5 rings (SSSR count). The Kier molecular flexibility index (Phi) is 10.8. The van der Waals surface area contributed by atoms with Crippen molar-refractivity contribution in [3.05, 3.63) is 81.0 Å². The molecule has 11 heteroatoms. The first-order chi connectivity index (χ1) is 23.6. The number of ether oxygens (including phenoxy) is 3. The van der Waals surface area contributed by atoms with E-state index in [0.717, 1.165) is 22.3 Å². The summed E-state index contributed by atoms with van der Waals surface area (Å²) in [6.45, 7) is 5.68. The predicted molar refractivity (Wildman–Crippen MR) is 188 cm³/mol. The van der Waals surface area contributed by atoms with Crippen LogP contribution in [-0.2, 0) is 33.8 Å². The molecule has 3 amide bonds. The normalized spacial score (nSPS) is 17.6. The highest BCUT2D eigenvalue weighted by molar-refractivity contribution is 5.92. The summed E-state index contributed by atoms with van der Waals surface area (Å²) >= 11 is 0. The number of rotatable bonds is 10. The lowest BCUT2D eigenvalue weighted by Crippen LogP contribution is -2.56. The van der Waals surface area contributed by atoms with Crippen molar-refractivity contribution in [3.8, 4) is 28.4 Å². The lowest BCUT2D eigenvalue weighted by atomic mass is 9.90. The summed E-state index contributed by atoms with van der Waals surface area (Å²) in [5, 5.41) is 9.05. The molecule has 0 aromatic heterocycles. The van der Waals surface area contributed by atoms with Crippen LogP contribution in [0.1, 0.15) is 61.9 Å². The Morgan fingerprint density at radius 2 is 1.67 bits per heavy atom. The molecule has 1 aliphatic carbocycles. The molecule has 11 nitrogen and oxygen atoms in total. The molecule has 1 heterocycles. The number of methoxy groups -OCH3 is 3. The Labute approximate surface area is 287 Å². The number of fused-ring (bicyclic) bond motifs is 4. The van der Waals surface area contributed by atoms with E-state index in [1.807, 2.05) is 50.2 Å². The second-order valence-corrected chi connectivity index (χ2v) is 12.7. The van der Waals surface area contributed by atoms with Crippen molar-refractivity contribution in [3.63, 3.8) is 0 Å². The number of likely N-dealkylation sites (N-methyl/N-ethyl adjacent to an activating group) is 1. The molecule has 0 unspecified atom stereocenters. The zero-order valence-corrected chi connectivity index (χ0v) is 29.3. The molecule has 3 aromatic rings. The Morgan fingerprint density at radius 3 is 2.31 bits per heavy atom. The van der Waals surface area contributed by atoms with Gasteiger partial charge in [-0.15, -0.1) is 0 Å². The molecular formula is C38H46N4O7. The maximum atomic E-state index is 14.5. The first kappa shape index (κ1) is 35.3. The fourth-order valence-corrected chi connectivity index (χ4v) is 7.01. The third-order valence-electron chi connectivity index (χ3n) is 9.79. The summed E-state index contributed by atoms with van der Waals surface area (Å²) in [6.07, 6.45) is 2.15. The van der Waals surface area contributed by atoms with Crippen LogP contribution in [0, 0.1) is 5.92 Å². The molecule has 0 radical (unpaired) electrons. The Balaban J connectivity index is 1.63. The third kappa shape index (κ3) is 6.93. The highest BCUT2D eigenvalue weighted by Crippen LogP contribution is 2.50. The average Bonchev–Trinajstić information content (AvgIpc) is 3.35. The van der Waals surface area contributed by atoms with Gasteiger partial charge in [0.25, 0.3) is 0 Å². The molecular weight excluding hydrogens is 624 g/mol. The van der Waals surface area contributed by atoms with Gasteiger partial charge < -0.3 is 35.1 Å². The fraction of sp³-hybridized carbons (Fsp3) is 0.421. The number of carbonyl (C=O) groups is 3. The van der Waals surface area contributed by atoms with E-state index in [0.29, 0.717) is 54.1 Å². The maximum absolute atomic E-state index is 14.5. The van der Waals surface area contributed by atoms with Gasteiger partial charge in [-0.1, -0.05) is 50.6 Å². The van der Waals surface area contributed by atoms with Crippen LogP contribution in [-0.4, -0.2) is 63.1 Å². The topological polar surface area (TPSA) is 135 Å². The van der Waals surface area contributed by atoms with Crippen molar-refractivity contribution >= 4 is 23.4 Å². The molecule has 0 saturated carbocycles. The van der Waals surface area contributed by atoms with Gasteiger partial charge in [-0.25, -0.2) is 0 Å². The van der Waals surface area contributed by atoms with E-state index in [1.165, 1.54) is 20.1 Å². The number of nitrogens with zero attached hydrogens (tertiary/aromatic N) is 1. The molecule has 1 aliphatic heterocycles. The molecule has 0 fully saturated rings. The number of hydrogen-bond donors (Lipinski definition) is 3. The number of aryl methyl sites for hydroxylation is 1. The number of nitrogens with one attached hydrogen (secondary N) is 3. The summed E-state index contributed by atoms with van der Waals surface area (Å²) in [6, 6.07) is 12.8. The zero-order chi connectivity index (χ0) is 35.4. The van der Waals surface area contributed by atoms with Crippen molar-refractivity contribution in [2.45, 2.75) is 71.1 Å². The number of hydrogen-bond acceptors (Lipinski definition) is 8. The smallest absolute Gasteiger partial charge is 0.246 e. The zero-order valence-electron chi connectivity index (χ0n) is 29.3. The van der Waals surface area contributed by atoms with E-state index in [-0.39, 0.29) is 41.3 Å². The van der Waals surface area contributed by atoms with Crippen LogP contribution in [0.4, 0.5) is 5.69 Å². The highest BCUT2D eigenvalue weighted by Gasteiger charge is 2.39. The van der Waals surface area contributed by atoms with Gasteiger partial charge in [0.15, 0.2) is 11.5 Å². The van der Waals surface area contributed by atoms with Crippen molar-refractivity contribution in [1.29, 1.82) is 0 Å². The number of anilines is 1. The predicted octanol–water partition coefficient (Wildman–Crippen LogP) is 4.39. The molecule has 2 aliphatic rings. The van der Waals surface area contributed by atoms with Gasteiger partial charge in [0, 0.05) is 32.5 Å². The van der Waals surface area contributed by atoms with Crippen LogP contribution < -0.4 is 35.6 Å². The molecule has 260 valence electrons. The van der Waals surface area contributed by atoms with E-state index < -0.39 is 18.1 Å². The largest absolute Gasteiger partial charge is 0.493 e. The quantitative estimate of drug-likeness (QED) is 0.289. The van der Waals surface area contributed by atoms with E-state index in [9.17, 15) is 19.2 Å². The van der Waals surface area contributed by atoms with Crippen LogP contribution in [0.25, 0.3) is 11.1 Å². The maximum Gasteiger partial charge on any atom is 0.246 e. The van der Waals surface area contributed by atoms with Crippen LogP contribution in [0.3, 0.4) is 0 Å². The molecule has 4 atom stereocenters. The van der Waals surface area contributed by atoms with Gasteiger partial charge in [0.1, 0.15) is 12.1 Å². The minimum Gasteiger partial charge on any atom is -0.493 e.